The Morgan fingerprint density at radius 1 is 1.00 bits per heavy atom. The van der Waals surface area contributed by atoms with Crippen molar-refractivity contribution < 1.29 is 9.47 Å². The number of nitrogens with zero attached hydrogens (tertiary/aromatic N) is 3. The van der Waals surface area contributed by atoms with Gasteiger partial charge < -0.3 is 14.8 Å². The first kappa shape index (κ1) is 16.4. The van der Waals surface area contributed by atoms with Crippen molar-refractivity contribution in [3.05, 3.63) is 65.5 Å². The van der Waals surface area contributed by atoms with Crippen LogP contribution in [-0.2, 0) is 0 Å². The summed E-state index contributed by atoms with van der Waals surface area (Å²) in [6, 6.07) is 14.9. The molecule has 1 aromatic heterocycles. The van der Waals surface area contributed by atoms with E-state index in [4.69, 9.17) is 9.47 Å². The van der Waals surface area contributed by atoms with E-state index in [2.05, 4.69) is 52.7 Å². The van der Waals surface area contributed by atoms with Crippen LogP contribution < -0.4 is 14.8 Å². The van der Waals surface area contributed by atoms with Crippen LogP contribution in [0.25, 0.3) is 0 Å². The first-order valence-electron chi connectivity index (χ1n) is 8.64. The third kappa shape index (κ3) is 2.87. The lowest BCUT2D eigenvalue weighted by molar-refractivity contribution is 0.352. The molecule has 1 aliphatic rings. The van der Waals surface area contributed by atoms with E-state index in [0.29, 0.717) is 0 Å². The summed E-state index contributed by atoms with van der Waals surface area (Å²) in [6.07, 6.45) is 2.46. The predicted octanol–water partition coefficient (Wildman–Crippen LogP) is 3.75. The quantitative estimate of drug-likeness (QED) is 0.776. The van der Waals surface area contributed by atoms with Crippen LogP contribution in [0, 0.1) is 6.92 Å². The van der Waals surface area contributed by atoms with E-state index >= 15 is 0 Å². The maximum Gasteiger partial charge on any atom is 0.222 e. The summed E-state index contributed by atoms with van der Waals surface area (Å²) in [6.45, 7) is 2.10. The molecule has 6 heteroatoms. The summed E-state index contributed by atoms with van der Waals surface area (Å²) < 4.78 is 12.8. The number of benzene rings is 2. The second kappa shape index (κ2) is 6.71. The maximum atomic E-state index is 5.48. The highest BCUT2D eigenvalue weighted by molar-refractivity contribution is 5.46. The van der Waals surface area contributed by atoms with Crippen LogP contribution in [0.3, 0.4) is 0 Å². The molecule has 0 unspecified atom stereocenters. The van der Waals surface area contributed by atoms with Gasteiger partial charge >= 0.3 is 0 Å². The fraction of sp³-hybridized carbons (Fsp3) is 0.300. The highest BCUT2D eigenvalue weighted by Crippen LogP contribution is 2.39. The Bertz CT molecular complexity index is 904. The Balaban J connectivity index is 1.72. The molecule has 2 heterocycles. The smallest absolute Gasteiger partial charge is 0.222 e. The van der Waals surface area contributed by atoms with Crippen LogP contribution in [0.5, 0.6) is 11.5 Å². The number of anilines is 1. The van der Waals surface area contributed by atoms with Crippen molar-refractivity contribution in [2.75, 3.05) is 19.5 Å². The Morgan fingerprint density at radius 3 is 2.46 bits per heavy atom. The highest BCUT2D eigenvalue weighted by Gasteiger charge is 2.30. The zero-order valence-corrected chi connectivity index (χ0v) is 15.1. The Hall–Kier alpha value is -3.02. The summed E-state index contributed by atoms with van der Waals surface area (Å²) in [5.74, 6) is 2.22. The number of hydrogen-bond donors (Lipinski definition) is 1. The normalized spacial score (nSPS) is 18.7. The monoisotopic (exact) mass is 350 g/mol. The Kier molecular flexibility index (Phi) is 4.24. The van der Waals surface area contributed by atoms with Gasteiger partial charge in [-0.25, -0.2) is 4.68 Å². The number of nitrogens with one attached hydrogen (secondary N) is 1. The number of hydrogen-bond acceptors (Lipinski definition) is 5. The molecule has 0 fully saturated rings. The van der Waals surface area contributed by atoms with E-state index in [1.165, 1.54) is 11.1 Å². The van der Waals surface area contributed by atoms with Crippen molar-refractivity contribution in [3.8, 4) is 11.5 Å². The second-order valence-electron chi connectivity index (χ2n) is 6.50. The lowest BCUT2D eigenvalue weighted by Crippen LogP contribution is -2.28. The number of aryl methyl sites for hydroxylation is 1. The molecule has 2 atom stereocenters. The van der Waals surface area contributed by atoms with Gasteiger partial charge in [0.05, 0.1) is 26.3 Å². The molecule has 0 saturated heterocycles. The van der Waals surface area contributed by atoms with E-state index in [9.17, 15) is 0 Å². The highest BCUT2D eigenvalue weighted by atomic mass is 16.5. The number of methoxy groups -OCH3 is 2. The van der Waals surface area contributed by atoms with Gasteiger partial charge in [-0.15, -0.1) is 0 Å². The van der Waals surface area contributed by atoms with Crippen LogP contribution in [0.15, 0.2) is 48.8 Å². The Labute approximate surface area is 152 Å². The molecule has 0 spiro atoms. The van der Waals surface area contributed by atoms with E-state index in [-0.39, 0.29) is 12.1 Å². The molecule has 1 N–H and O–H groups in total. The third-order valence-electron chi connectivity index (χ3n) is 4.90. The summed E-state index contributed by atoms with van der Waals surface area (Å²) in [5, 5.41) is 7.92. The van der Waals surface area contributed by atoms with Crippen molar-refractivity contribution in [2.45, 2.75) is 25.4 Å². The number of ether oxygens (including phenoxy) is 2. The molecular weight excluding hydrogens is 328 g/mol. The maximum absolute atomic E-state index is 5.48. The van der Waals surface area contributed by atoms with Crippen LogP contribution >= 0.6 is 0 Å². The van der Waals surface area contributed by atoms with Gasteiger partial charge in [-0.1, -0.05) is 35.9 Å². The summed E-state index contributed by atoms with van der Waals surface area (Å²) in [5.41, 5.74) is 3.62. The van der Waals surface area contributed by atoms with E-state index in [1.807, 2.05) is 16.8 Å². The van der Waals surface area contributed by atoms with Gasteiger partial charge in [-0.05, 0) is 36.6 Å². The largest absolute Gasteiger partial charge is 0.493 e. The van der Waals surface area contributed by atoms with Crippen molar-refractivity contribution in [1.82, 2.24) is 14.8 Å². The zero-order valence-electron chi connectivity index (χ0n) is 15.1. The minimum Gasteiger partial charge on any atom is -0.493 e. The van der Waals surface area contributed by atoms with E-state index in [1.54, 1.807) is 20.5 Å². The number of aromatic nitrogens is 3. The molecule has 3 aromatic rings. The summed E-state index contributed by atoms with van der Waals surface area (Å²) >= 11 is 0. The predicted molar refractivity (Wildman–Crippen MR) is 99.9 cm³/mol. The van der Waals surface area contributed by atoms with Gasteiger partial charge in [-0.3, -0.25) is 0 Å². The molecule has 0 amide bonds. The van der Waals surface area contributed by atoms with Crippen LogP contribution in [-0.4, -0.2) is 29.0 Å². The molecular formula is C20H22N4O2. The summed E-state index contributed by atoms with van der Waals surface area (Å²) in [4.78, 5) is 4.39. The van der Waals surface area contributed by atoms with Gasteiger partial charge in [-0.2, -0.15) is 10.1 Å². The lowest BCUT2D eigenvalue weighted by Gasteiger charge is -2.32. The van der Waals surface area contributed by atoms with Crippen molar-refractivity contribution >= 4 is 5.95 Å². The summed E-state index contributed by atoms with van der Waals surface area (Å²) in [7, 11) is 3.30. The lowest BCUT2D eigenvalue weighted by atomic mass is 9.93. The molecule has 0 bridgehead atoms. The molecule has 4 rings (SSSR count). The average molecular weight is 350 g/mol. The number of rotatable bonds is 4. The first-order valence-corrected chi connectivity index (χ1v) is 8.64. The second-order valence-corrected chi connectivity index (χ2v) is 6.50. The Morgan fingerprint density at radius 2 is 1.73 bits per heavy atom. The fourth-order valence-electron chi connectivity index (χ4n) is 3.47. The van der Waals surface area contributed by atoms with E-state index < -0.39 is 0 Å². The van der Waals surface area contributed by atoms with Gasteiger partial charge in [0.2, 0.25) is 5.95 Å². The standard InChI is InChI=1S/C20H22N4O2/c1-13-4-6-14(7-5-13)16-11-17(24-20(23-16)21-12-22-24)15-8-9-18(25-2)19(10-15)26-3/h4-10,12,16-17H,11H2,1-3H3,(H,21,22,23)/t16-,17+/m1/s1. The fourth-order valence-corrected chi connectivity index (χ4v) is 3.47. The molecule has 134 valence electrons. The zero-order chi connectivity index (χ0) is 18.1. The van der Waals surface area contributed by atoms with Gasteiger partial charge in [0, 0.05) is 0 Å². The van der Waals surface area contributed by atoms with Crippen LogP contribution in [0.2, 0.25) is 0 Å². The van der Waals surface area contributed by atoms with Crippen LogP contribution in [0.4, 0.5) is 5.95 Å². The molecule has 0 aliphatic carbocycles. The third-order valence-corrected chi connectivity index (χ3v) is 4.90. The van der Waals surface area contributed by atoms with Crippen molar-refractivity contribution in [1.29, 1.82) is 0 Å². The minimum absolute atomic E-state index is 0.0693. The molecule has 2 aromatic carbocycles. The molecule has 6 nitrogen and oxygen atoms in total. The first-order chi connectivity index (χ1) is 12.7. The van der Waals surface area contributed by atoms with E-state index in [0.717, 1.165) is 29.4 Å². The molecule has 1 aliphatic heterocycles. The average Bonchev–Trinajstić information content (AvgIpc) is 3.16. The van der Waals surface area contributed by atoms with Crippen molar-refractivity contribution in [3.63, 3.8) is 0 Å². The molecule has 26 heavy (non-hydrogen) atoms. The molecule has 0 saturated carbocycles. The minimum atomic E-state index is 0.0693. The SMILES string of the molecule is COc1ccc([C@@H]2C[C@H](c3ccc(C)cc3)Nc3ncnn32)cc1OC. The van der Waals surface area contributed by atoms with Gasteiger partial charge in [0.25, 0.3) is 0 Å². The topological polar surface area (TPSA) is 61.2 Å². The van der Waals surface area contributed by atoms with Crippen LogP contribution in [0.1, 0.15) is 35.2 Å². The van der Waals surface area contributed by atoms with Crippen molar-refractivity contribution in [2.24, 2.45) is 0 Å². The molecule has 0 radical (unpaired) electrons. The van der Waals surface area contributed by atoms with Gasteiger partial charge in [0.1, 0.15) is 6.33 Å². The number of fused-ring (bicyclic) bond motifs is 1. The van der Waals surface area contributed by atoms with Gasteiger partial charge in [0.15, 0.2) is 11.5 Å².